The van der Waals surface area contributed by atoms with Crippen LogP contribution in [0.3, 0.4) is 0 Å². The molecule has 1 aliphatic rings. The average molecular weight is 307 g/mol. The molecular weight excluding hydrogens is 293 g/mol. The molecule has 1 N–H and O–H groups in total. The third-order valence-corrected chi connectivity index (χ3v) is 3.11. The van der Waals surface area contributed by atoms with Crippen LogP contribution in [0, 0.1) is 5.82 Å². The number of fused-ring (bicyclic) bond motifs is 1. The van der Waals surface area contributed by atoms with E-state index in [2.05, 4.69) is 10.1 Å². The fourth-order valence-corrected chi connectivity index (χ4v) is 2.25. The number of halogens is 1. The van der Waals surface area contributed by atoms with E-state index in [-0.39, 0.29) is 24.0 Å². The summed E-state index contributed by atoms with van der Waals surface area (Å²) in [5, 5.41) is 2.41. The zero-order valence-corrected chi connectivity index (χ0v) is 12.1. The normalized spacial score (nSPS) is 15.8. The Morgan fingerprint density at radius 3 is 2.64 bits per heavy atom. The van der Waals surface area contributed by atoms with Crippen molar-refractivity contribution in [1.82, 2.24) is 0 Å². The van der Waals surface area contributed by atoms with Crippen LogP contribution in [0.15, 0.2) is 12.1 Å². The minimum absolute atomic E-state index is 0.00787. The van der Waals surface area contributed by atoms with Crippen molar-refractivity contribution in [2.24, 2.45) is 0 Å². The van der Waals surface area contributed by atoms with Crippen molar-refractivity contribution < 1.29 is 28.2 Å². The first-order valence-electron chi connectivity index (χ1n) is 6.72. The number of Topliss-reactive ketones (excluding diaryl/α,β-unsaturated/α-hetero) is 1. The molecule has 0 aliphatic carbocycles. The lowest BCUT2D eigenvalue weighted by molar-refractivity contribution is -0.151. The molecule has 1 aromatic rings. The maximum absolute atomic E-state index is 13.8. The summed E-state index contributed by atoms with van der Waals surface area (Å²) < 4.78 is 23.8. The van der Waals surface area contributed by atoms with Crippen LogP contribution in [0.1, 0.15) is 13.8 Å². The van der Waals surface area contributed by atoms with E-state index >= 15 is 0 Å². The number of anilines is 1. The Morgan fingerprint density at radius 1 is 1.32 bits per heavy atom. The van der Waals surface area contributed by atoms with Crippen molar-refractivity contribution in [2.45, 2.75) is 20.1 Å². The van der Waals surface area contributed by atoms with E-state index < -0.39 is 29.0 Å². The van der Waals surface area contributed by atoms with Gasteiger partial charge in [0.1, 0.15) is 17.0 Å². The second kappa shape index (κ2) is 6.51. The molecule has 1 aromatic carbocycles. The lowest BCUT2D eigenvalue weighted by Gasteiger charge is -2.15. The molecule has 1 unspecified atom stereocenters. The monoisotopic (exact) mass is 307 g/mol. The Kier molecular flexibility index (Phi) is 4.70. The molecule has 116 valence electrons. The Hall–Kier alpha value is -2.50. The quantitative estimate of drug-likeness (QED) is 0.578. The predicted octanol–water partition coefficient (Wildman–Crippen LogP) is -0.600. The van der Waals surface area contributed by atoms with Crippen molar-refractivity contribution in [2.75, 3.05) is 18.5 Å². The summed E-state index contributed by atoms with van der Waals surface area (Å²) >= 11 is 0. The molecule has 1 atom stereocenters. The zero-order chi connectivity index (χ0) is 16.3. The number of esters is 1. The fourth-order valence-electron chi connectivity index (χ4n) is 2.25. The summed E-state index contributed by atoms with van der Waals surface area (Å²) in [4.78, 5) is 35.0. The van der Waals surface area contributed by atoms with Crippen LogP contribution in [0.2, 0.25) is 0 Å². The largest absolute Gasteiger partial charge is 0.460 e. The number of hydrogen-bond acceptors (Lipinski definition) is 6. The minimum Gasteiger partial charge on any atom is -0.460 e. The summed E-state index contributed by atoms with van der Waals surface area (Å²) in [6.45, 7) is 3.52. The summed E-state index contributed by atoms with van der Waals surface area (Å²) in [5.41, 5.74) is 0.180. The van der Waals surface area contributed by atoms with Crippen LogP contribution in [-0.2, 0) is 23.9 Å². The summed E-state index contributed by atoms with van der Waals surface area (Å²) in [5.74, 6) is -1.43. The smallest absolute Gasteiger partial charge is 0.379 e. The third-order valence-electron chi connectivity index (χ3n) is 3.11. The standard InChI is InChI=1S/C15H14FNO5/c1-3-21-14-12(13(19)15(20)22-4-2)11-8(7-18)9(16)5-6-10(11)17-14/h5-6,14,17H,3-4H2,1-2H3. The molecular formula is C15H14FNO5. The van der Waals surface area contributed by atoms with Gasteiger partial charge in [0.25, 0.3) is 5.78 Å². The highest BCUT2D eigenvalue weighted by Crippen LogP contribution is 2.19. The first-order valence-corrected chi connectivity index (χ1v) is 6.72. The summed E-state index contributed by atoms with van der Waals surface area (Å²) in [6, 6.07) is 2.44. The molecule has 1 aliphatic heterocycles. The highest BCUT2D eigenvalue weighted by atomic mass is 19.1. The Balaban J connectivity index is 2.74. The number of benzene rings is 1. The molecule has 6 nitrogen and oxygen atoms in total. The van der Waals surface area contributed by atoms with Crippen molar-refractivity contribution in [1.29, 1.82) is 0 Å². The van der Waals surface area contributed by atoms with Crippen LogP contribution in [-0.4, -0.2) is 37.1 Å². The van der Waals surface area contributed by atoms with Crippen molar-refractivity contribution in [3.8, 4) is 0 Å². The molecule has 22 heavy (non-hydrogen) atoms. The molecule has 0 saturated carbocycles. The molecule has 0 amide bonds. The number of carbonyl (C=O) groups excluding carboxylic acids is 3. The van der Waals surface area contributed by atoms with E-state index in [9.17, 15) is 18.8 Å². The number of hydrogen-bond donors (Lipinski definition) is 1. The third kappa shape index (κ3) is 2.64. The van der Waals surface area contributed by atoms with Crippen LogP contribution >= 0.6 is 0 Å². The molecule has 0 fully saturated rings. The predicted molar refractivity (Wildman–Crippen MR) is 74.5 cm³/mol. The van der Waals surface area contributed by atoms with Crippen molar-refractivity contribution in [3.63, 3.8) is 0 Å². The lowest BCUT2D eigenvalue weighted by Crippen LogP contribution is -2.36. The Labute approximate surface area is 125 Å². The van der Waals surface area contributed by atoms with Crippen LogP contribution in [0.5, 0.6) is 0 Å². The van der Waals surface area contributed by atoms with Gasteiger partial charge in [-0.05, 0) is 26.0 Å². The first kappa shape index (κ1) is 15.9. The molecule has 0 aromatic heterocycles. The molecule has 0 saturated heterocycles. The van der Waals surface area contributed by atoms with Gasteiger partial charge in [-0.2, -0.15) is 0 Å². The second-order valence-electron chi connectivity index (χ2n) is 4.39. The molecule has 2 rings (SSSR count). The van der Waals surface area contributed by atoms with E-state index in [1.54, 1.807) is 13.8 Å². The second-order valence-corrected chi connectivity index (χ2v) is 4.39. The van der Waals surface area contributed by atoms with Gasteiger partial charge in [-0.25, -0.2) is 14.0 Å². The van der Waals surface area contributed by atoms with Gasteiger partial charge in [-0.1, -0.05) is 0 Å². The van der Waals surface area contributed by atoms with Crippen LogP contribution in [0.4, 0.5) is 10.1 Å². The van der Waals surface area contributed by atoms with E-state index in [0.717, 1.165) is 6.07 Å². The zero-order valence-electron chi connectivity index (χ0n) is 12.1. The van der Waals surface area contributed by atoms with Crippen LogP contribution < -0.4 is 15.8 Å². The van der Waals surface area contributed by atoms with Gasteiger partial charge in [0.05, 0.1) is 12.2 Å². The topological polar surface area (TPSA) is 81.7 Å². The first-order chi connectivity index (χ1) is 10.5. The molecule has 0 radical (unpaired) electrons. The number of carbonyl (C=O) groups is 2. The van der Waals surface area contributed by atoms with Crippen molar-refractivity contribution in [3.05, 3.63) is 28.4 Å². The Morgan fingerprint density at radius 2 is 2.05 bits per heavy atom. The Bertz CT molecular complexity index is 767. The van der Waals surface area contributed by atoms with Crippen LogP contribution in [0.25, 0.3) is 5.57 Å². The van der Waals surface area contributed by atoms with Gasteiger partial charge in [0.2, 0.25) is 0 Å². The molecule has 7 heteroatoms. The molecule has 0 bridgehead atoms. The molecule has 1 heterocycles. The number of ether oxygens (including phenoxy) is 2. The highest BCUT2D eigenvalue weighted by Gasteiger charge is 2.34. The maximum Gasteiger partial charge on any atom is 0.379 e. The van der Waals surface area contributed by atoms with E-state index in [1.165, 1.54) is 12.0 Å². The average Bonchev–Trinajstić information content (AvgIpc) is 2.85. The van der Waals surface area contributed by atoms with Gasteiger partial charge >= 0.3 is 5.97 Å². The maximum atomic E-state index is 13.8. The number of nitrogens with one attached hydrogen (secondary N) is 1. The summed E-state index contributed by atoms with van der Waals surface area (Å²) in [7, 11) is 0. The van der Waals surface area contributed by atoms with Crippen molar-refractivity contribution >= 4 is 29.0 Å². The van der Waals surface area contributed by atoms with E-state index in [4.69, 9.17) is 4.74 Å². The van der Waals surface area contributed by atoms with Gasteiger partial charge < -0.3 is 14.8 Å². The SMILES string of the molecule is CCOC(=O)C(=O)C1=c2c(ccc(F)c2=C=O)NC1OCC. The summed E-state index contributed by atoms with van der Waals surface area (Å²) in [6.07, 6.45) is -0.953. The highest BCUT2D eigenvalue weighted by molar-refractivity contribution is 6.50. The van der Waals surface area contributed by atoms with Gasteiger partial charge in [0.15, 0.2) is 6.23 Å². The van der Waals surface area contributed by atoms with E-state index in [0.29, 0.717) is 5.69 Å². The fraction of sp³-hybridized carbons (Fsp3) is 0.333. The number of rotatable bonds is 5. The number of ketones is 1. The molecule has 0 spiro atoms. The van der Waals surface area contributed by atoms with Gasteiger partial charge in [-0.15, -0.1) is 0 Å². The minimum atomic E-state index is -1.09. The van der Waals surface area contributed by atoms with Gasteiger partial charge in [-0.3, -0.25) is 4.79 Å². The van der Waals surface area contributed by atoms with Gasteiger partial charge in [0, 0.05) is 17.5 Å². The van der Waals surface area contributed by atoms with E-state index in [1.807, 2.05) is 0 Å². The lowest BCUT2D eigenvalue weighted by atomic mass is 10.1.